The molecular formula is C36H40N4O9. The second kappa shape index (κ2) is 12.3. The van der Waals surface area contributed by atoms with E-state index in [9.17, 15) is 14.7 Å². The number of ether oxygens (including phenoxy) is 6. The van der Waals surface area contributed by atoms with E-state index in [-0.39, 0.29) is 19.1 Å². The highest BCUT2D eigenvalue weighted by Crippen LogP contribution is 2.55. The van der Waals surface area contributed by atoms with Crippen LogP contribution >= 0.6 is 0 Å². The zero-order valence-corrected chi connectivity index (χ0v) is 27.9. The lowest BCUT2D eigenvalue weighted by molar-refractivity contribution is -0.265. The molecule has 5 unspecified atom stereocenters. The van der Waals surface area contributed by atoms with Gasteiger partial charge in [-0.15, -0.1) is 0 Å². The SMILES string of the molecule is COCCOCCOCCOC(=O)N(C)C1CC2OC(C)(C1OC)n1c3ccccc3c3c4c(c5c6ccccc6n2c5c31)C(=O)NC4O. The number of amides is 2. The van der Waals surface area contributed by atoms with Gasteiger partial charge in [0.05, 0.1) is 66.7 Å². The van der Waals surface area contributed by atoms with E-state index in [0.29, 0.717) is 44.0 Å². The molecule has 8 rings (SSSR count). The fraction of sp³-hybridized carbons (Fsp3) is 0.444. The van der Waals surface area contributed by atoms with E-state index in [2.05, 4.69) is 14.5 Å². The number of para-hydroxylation sites is 2. The molecule has 258 valence electrons. The smallest absolute Gasteiger partial charge is 0.409 e. The standard InChI is InChI=1S/C36H40N4O9/c1-36-32(45-4)24(38(2)35(43)48-18-17-47-16-15-46-14-13-44-3)19-25(49-36)39-22-11-7-5-9-20(22)26-28-29(34(42)37-33(28)41)27-21-10-6-8-12-23(21)40(36)31(27)30(26)39/h5-12,24-25,32,34,42H,13-19H2,1-4H3,(H,37,41). The van der Waals surface area contributed by atoms with E-state index in [4.69, 9.17) is 28.4 Å². The Labute approximate surface area is 282 Å². The summed E-state index contributed by atoms with van der Waals surface area (Å²) in [6, 6.07) is 15.4. The molecule has 13 nitrogen and oxygen atoms in total. The fourth-order valence-corrected chi connectivity index (χ4v) is 8.33. The molecule has 3 aliphatic heterocycles. The molecule has 2 aromatic heterocycles. The fourth-order valence-electron chi connectivity index (χ4n) is 8.33. The number of methoxy groups -OCH3 is 2. The van der Waals surface area contributed by atoms with Gasteiger partial charge in [-0.1, -0.05) is 36.4 Å². The van der Waals surface area contributed by atoms with Gasteiger partial charge in [-0.3, -0.25) is 4.79 Å². The molecular weight excluding hydrogens is 632 g/mol. The zero-order valence-electron chi connectivity index (χ0n) is 27.9. The number of rotatable bonds is 11. The maximum atomic E-state index is 13.6. The normalized spacial score (nSPS) is 24.2. The lowest BCUT2D eigenvalue weighted by Crippen LogP contribution is -2.61. The van der Waals surface area contributed by atoms with E-state index in [1.54, 1.807) is 26.2 Å². The molecule has 2 bridgehead atoms. The van der Waals surface area contributed by atoms with Crippen molar-refractivity contribution in [3.05, 3.63) is 59.7 Å². The Bertz CT molecular complexity index is 2110. The molecule has 3 aliphatic rings. The van der Waals surface area contributed by atoms with Gasteiger partial charge in [-0.25, -0.2) is 4.79 Å². The van der Waals surface area contributed by atoms with Crippen molar-refractivity contribution in [3.8, 4) is 0 Å². The minimum atomic E-state index is -1.18. The number of nitrogens with one attached hydrogen (secondary N) is 1. The van der Waals surface area contributed by atoms with Crippen LogP contribution in [0.25, 0.3) is 43.6 Å². The van der Waals surface area contributed by atoms with E-state index in [0.717, 1.165) is 43.6 Å². The van der Waals surface area contributed by atoms with Crippen molar-refractivity contribution in [1.82, 2.24) is 19.4 Å². The van der Waals surface area contributed by atoms with Crippen LogP contribution in [0.5, 0.6) is 0 Å². The van der Waals surface area contributed by atoms with Gasteiger partial charge in [0, 0.05) is 54.8 Å². The van der Waals surface area contributed by atoms with Crippen molar-refractivity contribution in [2.45, 2.75) is 43.7 Å². The molecule has 1 saturated heterocycles. The van der Waals surface area contributed by atoms with Crippen LogP contribution in [0.4, 0.5) is 4.79 Å². The monoisotopic (exact) mass is 672 g/mol. The van der Waals surface area contributed by atoms with E-state index in [1.807, 2.05) is 55.5 Å². The van der Waals surface area contributed by atoms with Crippen LogP contribution < -0.4 is 5.32 Å². The molecule has 13 heteroatoms. The van der Waals surface area contributed by atoms with Gasteiger partial charge in [0.2, 0.25) is 0 Å². The van der Waals surface area contributed by atoms with Gasteiger partial charge in [0.25, 0.3) is 5.91 Å². The summed E-state index contributed by atoms with van der Waals surface area (Å²) in [5.74, 6) is -0.318. The number of aromatic nitrogens is 2. The molecule has 5 heterocycles. The molecule has 2 N–H and O–H groups in total. The largest absolute Gasteiger partial charge is 0.447 e. The summed E-state index contributed by atoms with van der Waals surface area (Å²) >= 11 is 0. The van der Waals surface area contributed by atoms with Crippen LogP contribution in [0.2, 0.25) is 0 Å². The third kappa shape index (κ3) is 4.68. The van der Waals surface area contributed by atoms with Crippen LogP contribution in [0.3, 0.4) is 0 Å². The van der Waals surface area contributed by atoms with Gasteiger partial charge in [-0.05, 0) is 19.1 Å². The van der Waals surface area contributed by atoms with Crippen LogP contribution in [-0.4, -0.2) is 104 Å². The average Bonchev–Trinajstić information content (AvgIpc) is 3.71. The van der Waals surface area contributed by atoms with Crippen molar-refractivity contribution in [2.24, 2.45) is 0 Å². The molecule has 1 fully saturated rings. The van der Waals surface area contributed by atoms with Gasteiger partial charge in [-0.2, -0.15) is 0 Å². The summed E-state index contributed by atoms with van der Waals surface area (Å²) in [4.78, 5) is 28.8. The first-order chi connectivity index (χ1) is 23.8. The predicted octanol–water partition coefficient (Wildman–Crippen LogP) is 4.37. The van der Waals surface area contributed by atoms with Crippen molar-refractivity contribution >= 4 is 55.6 Å². The molecule has 3 aromatic carbocycles. The summed E-state index contributed by atoms with van der Waals surface area (Å²) in [6.07, 6.45) is -2.47. The van der Waals surface area contributed by atoms with E-state index < -0.39 is 36.4 Å². The summed E-state index contributed by atoms with van der Waals surface area (Å²) in [5.41, 5.74) is 3.31. The molecule has 0 saturated carbocycles. The molecule has 49 heavy (non-hydrogen) atoms. The molecule has 2 amide bonds. The maximum Gasteiger partial charge on any atom is 0.409 e. The van der Waals surface area contributed by atoms with Crippen molar-refractivity contribution in [1.29, 1.82) is 0 Å². The number of aliphatic hydroxyl groups is 1. The van der Waals surface area contributed by atoms with Gasteiger partial charge in [0.15, 0.2) is 12.0 Å². The number of benzene rings is 3. The van der Waals surface area contributed by atoms with Gasteiger partial charge < -0.3 is 52.9 Å². The lowest BCUT2D eigenvalue weighted by Gasteiger charge is -2.50. The number of carbonyl (C=O) groups excluding carboxylic acids is 2. The number of aliphatic hydroxyl groups excluding tert-OH is 1. The third-order valence-electron chi connectivity index (χ3n) is 10.3. The third-order valence-corrected chi connectivity index (χ3v) is 10.3. The second-order valence-electron chi connectivity index (χ2n) is 12.9. The molecule has 0 aliphatic carbocycles. The quantitative estimate of drug-likeness (QED) is 0.196. The average molecular weight is 673 g/mol. The van der Waals surface area contributed by atoms with Crippen molar-refractivity contribution in [3.63, 3.8) is 0 Å². The van der Waals surface area contributed by atoms with Crippen LogP contribution in [0, 0.1) is 0 Å². The number of nitrogens with zero attached hydrogens (tertiary/aromatic N) is 3. The molecule has 0 radical (unpaired) electrons. The lowest BCUT2D eigenvalue weighted by atomic mass is 9.92. The Morgan fingerprint density at radius 1 is 0.959 bits per heavy atom. The van der Waals surface area contributed by atoms with Gasteiger partial charge in [0.1, 0.15) is 18.9 Å². The number of fused-ring (bicyclic) bond motifs is 13. The zero-order chi connectivity index (χ0) is 34.0. The first-order valence-electron chi connectivity index (χ1n) is 16.6. The summed E-state index contributed by atoms with van der Waals surface area (Å²) in [6.45, 7) is 4.11. The van der Waals surface area contributed by atoms with Crippen molar-refractivity contribution in [2.75, 3.05) is 60.9 Å². The van der Waals surface area contributed by atoms with E-state index in [1.165, 1.54) is 0 Å². The topological polar surface area (TPSA) is 135 Å². The molecule has 0 spiro atoms. The van der Waals surface area contributed by atoms with Crippen LogP contribution in [-0.2, 0) is 34.1 Å². The van der Waals surface area contributed by atoms with E-state index >= 15 is 0 Å². The van der Waals surface area contributed by atoms with Gasteiger partial charge >= 0.3 is 6.09 Å². The number of carbonyl (C=O) groups is 2. The minimum Gasteiger partial charge on any atom is -0.447 e. The maximum absolute atomic E-state index is 13.6. The summed E-state index contributed by atoms with van der Waals surface area (Å²) in [5, 5.41) is 17.4. The Balaban J connectivity index is 1.23. The molecule has 5 aromatic rings. The highest BCUT2D eigenvalue weighted by molar-refractivity contribution is 6.31. The van der Waals surface area contributed by atoms with Crippen molar-refractivity contribution < 1.29 is 43.1 Å². The Hall–Kier alpha value is -4.24. The second-order valence-corrected chi connectivity index (χ2v) is 12.9. The highest BCUT2D eigenvalue weighted by Gasteiger charge is 2.55. The minimum absolute atomic E-state index is 0.0793. The van der Waals surface area contributed by atoms with Crippen LogP contribution in [0.1, 0.15) is 41.7 Å². The first-order valence-corrected chi connectivity index (χ1v) is 16.6. The summed E-state index contributed by atoms with van der Waals surface area (Å²) in [7, 11) is 4.97. The number of hydrogen-bond donors (Lipinski definition) is 2. The first kappa shape index (κ1) is 32.0. The Morgan fingerprint density at radius 2 is 1.61 bits per heavy atom. The van der Waals surface area contributed by atoms with Crippen LogP contribution in [0.15, 0.2) is 48.5 Å². The predicted molar refractivity (Wildman–Crippen MR) is 180 cm³/mol. The Kier molecular flexibility index (Phi) is 8.01. The number of hydrogen-bond acceptors (Lipinski definition) is 9. The summed E-state index contributed by atoms with van der Waals surface area (Å²) < 4.78 is 39.4. The Morgan fingerprint density at radius 3 is 2.33 bits per heavy atom. The number of likely N-dealkylation sites (N-methyl/N-ethyl adjacent to an activating group) is 1. The molecule has 5 atom stereocenters. The highest BCUT2D eigenvalue weighted by atomic mass is 16.6.